The molecule has 1 aliphatic rings. The third-order valence-electron chi connectivity index (χ3n) is 1.44. The molecule has 1 rings (SSSR count). The van der Waals surface area contributed by atoms with Crippen molar-refractivity contribution in [1.82, 2.24) is 4.90 Å². The van der Waals surface area contributed by atoms with E-state index >= 15 is 0 Å². The van der Waals surface area contributed by atoms with Gasteiger partial charge in [0.15, 0.2) is 0 Å². The molecule has 0 aliphatic carbocycles. The van der Waals surface area contributed by atoms with Crippen LogP contribution in [0.1, 0.15) is 13.8 Å². The molecule has 0 atom stereocenters. The normalized spacial score (nSPS) is 21.6. The SMILES string of the molecule is CC(C)/C=C1/CN(C)C(=O)O1. The minimum Gasteiger partial charge on any atom is -0.413 e. The minimum atomic E-state index is -0.253. The predicted molar refractivity (Wildman–Crippen MR) is 42.0 cm³/mol. The predicted octanol–water partition coefficient (Wildman–Crippen LogP) is 1.61. The Morgan fingerprint density at radius 1 is 1.64 bits per heavy atom. The van der Waals surface area contributed by atoms with Crippen molar-refractivity contribution in [2.75, 3.05) is 13.6 Å². The number of likely N-dealkylation sites (N-methyl/N-ethyl adjacent to an activating group) is 1. The van der Waals surface area contributed by atoms with Crippen LogP contribution in [0.2, 0.25) is 0 Å². The number of rotatable bonds is 1. The highest BCUT2D eigenvalue weighted by atomic mass is 16.6. The van der Waals surface area contributed by atoms with Gasteiger partial charge in [0.1, 0.15) is 5.76 Å². The molecule has 3 heteroatoms. The van der Waals surface area contributed by atoms with Crippen molar-refractivity contribution in [3.8, 4) is 0 Å². The molecule has 62 valence electrons. The van der Waals surface area contributed by atoms with E-state index in [4.69, 9.17) is 4.74 Å². The molecule has 0 bridgehead atoms. The maximum absolute atomic E-state index is 10.8. The molecule has 0 N–H and O–H groups in total. The zero-order valence-electron chi connectivity index (χ0n) is 7.13. The molecule has 0 radical (unpaired) electrons. The van der Waals surface area contributed by atoms with Gasteiger partial charge in [-0.2, -0.15) is 0 Å². The summed E-state index contributed by atoms with van der Waals surface area (Å²) in [6, 6.07) is 0. The summed E-state index contributed by atoms with van der Waals surface area (Å²) in [6.45, 7) is 4.72. The quantitative estimate of drug-likeness (QED) is 0.575. The molecule has 1 saturated heterocycles. The third-order valence-corrected chi connectivity index (χ3v) is 1.44. The van der Waals surface area contributed by atoms with Crippen molar-refractivity contribution in [2.24, 2.45) is 5.92 Å². The van der Waals surface area contributed by atoms with Gasteiger partial charge in [-0.05, 0) is 12.0 Å². The lowest BCUT2D eigenvalue weighted by atomic mass is 10.2. The van der Waals surface area contributed by atoms with Crippen LogP contribution in [0.4, 0.5) is 4.79 Å². The standard InChI is InChI=1S/C8H13NO2/c1-6(2)4-7-5-9(3)8(10)11-7/h4,6H,5H2,1-3H3/b7-4-. The maximum Gasteiger partial charge on any atom is 0.415 e. The van der Waals surface area contributed by atoms with E-state index in [-0.39, 0.29) is 6.09 Å². The molecule has 0 unspecified atom stereocenters. The van der Waals surface area contributed by atoms with Crippen molar-refractivity contribution >= 4 is 6.09 Å². The Labute approximate surface area is 66.6 Å². The lowest BCUT2D eigenvalue weighted by molar-refractivity contribution is 0.174. The maximum atomic E-state index is 10.8. The summed E-state index contributed by atoms with van der Waals surface area (Å²) in [4.78, 5) is 12.4. The Balaban J connectivity index is 2.60. The fraction of sp³-hybridized carbons (Fsp3) is 0.625. The van der Waals surface area contributed by atoms with E-state index in [2.05, 4.69) is 13.8 Å². The molecule has 0 aromatic rings. The Kier molecular flexibility index (Phi) is 2.17. The van der Waals surface area contributed by atoms with Gasteiger partial charge in [0.25, 0.3) is 0 Å². The fourth-order valence-corrected chi connectivity index (χ4v) is 0.979. The highest BCUT2D eigenvalue weighted by Crippen LogP contribution is 2.14. The number of allylic oxidation sites excluding steroid dienone is 1. The molecule has 0 spiro atoms. The van der Waals surface area contributed by atoms with E-state index in [9.17, 15) is 4.79 Å². The van der Waals surface area contributed by atoms with E-state index in [0.717, 1.165) is 5.76 Å². The van der Waals surface area contributed by atoms with Crippen LogP contribution >= 0.6 is 0 Å². The monoisotopic (exact) mass is 155 g/mol. The Bertz CT molecular complexity index is 196. The first-order valence-corrected chi connectivity index (χ1v) is 3.73. The van der Waals surface area contributed by atoms with Crippen molar-refractivity contribution in [3.63, 3.8) is 0 Å². The fourth-order valence-electron chi connectivity index (χ4n) is 0.979. The van der Waals surface area contributed by atoms with E-state index in [1.54, 1.807) is 11.9 Å². The van der Waals surface area contributed by atoms with Gasteiger partial charge < -0.3 is 9.64 Å². The Morgan fingerprint density at radius 2 is 2.27 bits per heavy atom. The van der Waals surface area contributed by atoms with Crippen LogP contribution in [-0.2, 0) is 4.74 Å². The van der Waals surface area contributed by atoms with Gasteiger partial charge in [0, 0.05) is 7.05 Å². The van der Waals surface area contributed by atoms with E-state index in [0.29, 0.717) is 12.5 Å². The van der Waals surface area contributed by atoms with E-state index < -0.39 is 0 Å². The highest BCUT2D eigenvalue weighted by molar-refractivity contribution is 5.71. The summed E-state index contributed by atoms with van der Waals surface area (Å²) in [5.41, 5.74) is 0. The van der Waals surface area contributed by atoms with Gasteiger partial charge in [-0.1, -0.05) is 13.8 Å². The highest BCUT2D eigenvalue weighted by Gasteiger charge is 2.22. The third kappa shape index (κ3) is 1.97. The van der Waals surface area contributed by atoms with Gasteiger partial charge in [-0.3, -0.25) is 0 Å². The number of carbonyl (C=O) groups is 1. The van der Waals surface area contributed by atoms with Gasteiger partial charge in [0.05, 0.1) is 6.54 Å². The number of ether oxygens (including phenoxy) is 1. The molecule has 1 fully saturated rings. The van der Waals surface area contributed by atoms with Crippen molar-refractivity contribution in [2.45, 2.75) is 13.8 Å². The second-order valence-corrected chi connectivity index (χ2v) is 3.10. The molecule has 1 heterocycles. The molecular weight excluding hydrogens is 142 g/mol. The van der Waals surface area contributed by atoms with Crippen molar-refractivity contribution in [3.05, 3.63) is 11.8 Å². The molecule has 0 aromatic heterocycles. The first-order chi connectivity index (χ1) is 5.09. The van der Waals surface area contributed by atoms with Crippen LogP contribution in [0, 0.1) is 5.92 Å². The average molecular weight is 155 g/mol. The second kappa shape index (κ2) is 2.95. The molecule has 1 aliphatic heterocycles. The number of hydrogen-bond acceptors (Lipinski definition) is 2. The van der Waals surface area contributed by atoms with Crippen LogP contribution in [0.5, 0.6) is 0 Å². The van der Waals surface area contributed by atoms with Gasteiger partial charge in [-0.15, -0.1) is 0 Å². The molecular formula is C8H13NO2. The smallest absolute Gasteiger partial charge is 0.413 e. The number of nitrogens with zero attached hydrogens (tertiary/aromatic N) is 1. The molecule has 3 nitrogen and oxygen atoms in total. The first-order valence-electron chi connectivity index (χ1n) is 3.73. The van der Waals surface area contributed by atoms with Crippen LogP contribution in [-0.4, -0.2) is 24.6 Å². The second-order valence-electron chi connectivity index (χ2n) is 3.10. The lowest BCUT2D eigenvalue weighted by Gasteiger charge is -1.98. The number of carbonyl (C=O) groups excluding carboxylic acids is 1. The average Bonchev–Trinajstić information content (AvgIpc) is 2.10. The molecule has 11 heavy (non-hydrogen) atoms. The van der Waals surface area contributed by atoms with E-state index in [1.165, 1.54) is 0 Å². The summed E-state index contributed by atoms with van der Waals surface area (Å²) in [6.07, 6.45) is 1.71. The zero-order chi connectivity index (χ0) is 8.43. The summed E-state index contributed by atoms with van der Waals surface area (Å²) in [5, 5.41) is 0. The van der Waals surface area contributed by atoms with Gasteiger partial charge in [-0.25, -0.2) is 4.79 Å². The van der Waals surface area contributed by atoms with Crippen molar-refractivity contribution < 1.29 is 9.53 Å². The van der Waals surface area contributed by atoms with Gasteiger partial charge >= 0.3 is 6.09 Å². The largest absolute Gasteiger partial charge is 0.415 e. The topological polar surface area (TPSA) is 29.5 Å². The number of amides is 1. The summed E-state index contributed by atoms with van der Waals surface area (Å²) in [7, 11) is 1.73. The van der Waals surface area contributed by atoms with Crippen LogP contribution in [0.25, 0.3) is 0 Å². The minimum absolute atomic E-state index is 0.253. The lowest BCUT2D eigenvalue weighted by Crippen LogP contribution is -2.17. The Hall–Kier alpha value is -0.990. The number of cyclic esters (lactones) is 1. The van der Waals surface area contributed by atoms with Crippen LogP contribution in [0.15, 0.2) is 11.8 Å². The number of hydrogen-bond donors (Lipinski definition) is 0. The molecule has 0 aromatic carbocycles. The van der Waals surface area contributed by atoms with Crippen LogP contribution in [0.3, 0.4) is 0 Å². The summed E-state index contributed by atoms with van der Waals surface area (Å²) < 4.78 is 4.93. The van der Waals surface area contributed by atoms with Crippen molar-refractivity contribution in [1.29, 1.82) is 0 Å². The summed E-state index contributed by atoms with van der Waals surface area (Å²) in [5.74, 6) is 1.21. The zero-order valence-corrected chi connectivity index (χ0v) is 7.13. The molecule has 0 saturated carbocycles. The first kappa shape index (κ1) is 8.11. The van der Waals surface area contributed by atoms with E-state index in [1.807, 2.05) is 6.08 Å². The van der Waals surface area contributed by atoms with Gasteiger partial charge in [0.2, 0.25) is 0 Å². The molecule has 1 amide bonds. The van der Waals surface area contributed by atoms with Crippen LogP contribution < -0.4 is 0 Å². The Morgan fingerprint density at radius 3 is 2.64 bits per heavy atom. The summed E-state index contributed by atoms with van der Waals surface area (Å²) >= 11 is 0.